The van der Waals surface area contributed by atoms with Gasteiger partial charge in [0.2, 0.25) is 0 Å². The molecule has 1 aliphatic carbocycles. The number of hydrogen-bond acceptors (Lipinski definition) is 5. The Kier molecular flexibility index (Phi) is 3.53. The van der Waals surface area contributed by atoms with E-state index in [0.717, 1.165) is 33.8 Å². The second-order valence-corrected chi connectivity index (χ2v) is 7.60. The average molecular weight is 326 g/mol. The summed E-state index contributed by atoms with van der Waals surface area (Å²) in [5.41, 5.74) is 5.66. The van der Waals surface area contributed by atoms with Crippen molar-refractivity contribution < 1.29 is 19.1 Å². The Morgan fingerprint density at radius 1 is 1.43 bits per heavy atom. The molecule has 1 aromatic heterocycles. The van der Waals surface area contributed by atoms with Crippen molar-refractivity contribution >= 4 is 24.6 Å². The molecule has 3 rings (SSSR count). The summed E-state index contributed by atoms with van der Waals surface area (Å²) in [6.07, 6.45) is 0.149. The van der Waals surface area contributed by atoms with Crippen LogP contribution in [-0.4, -0.2) is 35.2 Å². The number of hydrogen-bond donors (Lipinski definition) is 2. The van der Waals surface area contributed by atoms with Gasteiger partial charge in [0.15, 0.2) is 6.35 Å². The third-order valence-electron chi connectivity index (χ3n) is 3.33. The first-order chi connectivity index (χ1) is 9.87. The van der Waals surface area contributed by atoms with Crippen LogP contribution in [0.1, 0.15) is 10.4 Å². The lowest BCUT2D eigenvalue weighted by Gasteiger charge is -2.19. The molecule has 6 nitrogen and oxygen atoms in total. The van der Waals surface area contributed by atoms with E-state index in [9.17, 15) is 4.57 Å². The molecule has 0 atom stereocenters. The molecule has 0 saturated carbocycles. The van der Waals surface area contributed by atoms with Crippen molar-refractivity contribution in [3.63, 3.8) is 0 Å². The van der Waals surface area contributed by atoms with Crippen LogP contribution in [0.2, 0.25) is 0 Å². The van der Waals surface area contributed by atoms with Crippen LogP contribution >= 0.6 is 18.9 Å². The van der Waals surface area contributed by atoms with Crippen molar-refractivity contribution in [3.8, 4) is 17.0 Å². The van der Waals surface area contributed by atoms with Crippen LogP contribution in [0.4, 0.5) is 5.69 Å². The normalized spacial score (nSPS) is 13.0. The number of rotatable bonds is 4. The van der Waals surface area contributed by atoms with Crippen LogP contribution in [0.25, 0.3) is 11.3 Å². The van der Waals surface area contributed by atoms with E-state index in [2.05, 4.69) is 4.98 Å². The number of fused-ring (bicyclic) bond motifs is 3. The maximum atomic E-state index is 11.0. The van der Waals surface area contributed by atoms with E-state index in [4.69, 9.17) is 14.5 Å². The minimum Gasteiger partial charge on any atom is -0.480 e. The predicted molar refractivity (Wildman–Crippen MR) is 82.2 cm³/mol. The molecule has 1 aliphatic rings. The molecule has 0 bridgehead atoms. The van der Waals surface area contributed by atoms with Gasteiger partial charge < -0.3 is 19.4 Å². The Morgan fingerprint density at radius 3 is 2.86 bits per heavy atom. The molecule has 2 N–H and O–H groups in total. The molecule has 1 heterocycles. The second-order valence-electron chi connectivity index (χ2n) is 5.07. The summed E-state index contributed by atoms with van der Waals surface area (Å²) in [7, 11) is -0.279. The van der Waals surface area contributed by atoms with Gasteiger partial charge in [-0.25, -0.2) is 4.98 Å². The summed E-state index contributed by atoms with van der Waals surface area (Å²) >= 11 is 1.58. The zero-order valence-electron chi connectivity index (χ0n) is 11.6. The van der Waals surface area contributed by atoms with Crippen molar-refractivity contribution in [2.45, 2.75) is 6.42 Å². The minimum atomic E-state index is -4.21. The highest BCUT2D eigenvalue weighted by atomic mass is 32.1. The number of nitrogens with zero attached hydrogens (tertiary/aromatic N) is 2. The number of benzene rings is 1. The van der Waals surface area contributed by atoms with Gasteiger partial charge in [0.1, 0.15) is 5.75 Å². The lowest BCUT2D eigenvalue weighted by molar-refractivity contribution is 0.301. The van der Waals surface area contributed by atoms with E-state index in [-0.39, 0.29) is 0 Å². The predicted octanol–water partition coefficient (Wildman–Crippen LogP) is 2.29. The van der Waals surface area contributed by atoms with Crippen LogP contribution < -0.4 is 9.64 Å². The van der Waals surface area contributed by atoms with E-state index in [0.29, 0.717) is 5.75 Å². The monoisotopic (exact) mass is 326 g/mol. The summed E-state index contributed by atoms with van der Waals surface area (Å²) < 4.78 is 16.4. The van der Waals surface area contributed by atoms with Gasteiger partial charge in [-0.05, 0) is 17.7 Å². The molecule has 8 heteroatoms. The van der Waals surface area contributed by atoms with Crippen molar-refractivity contribution in [1.82, 2.24) is 4.98 Å². The summed E-state index contributed by atoms with van der Waals surface area (Å²) in [4.78, 5) is 25.5. The van der Waals surface area contributed by atoms with Gasteiger partial charge in [-0.2, -0.15) is 0 Å². The lowest BCUT2D eigenvalue weighted by atomic mass is 10.1. The summed E-state index contributed by atoms with van der Waals surface area (Å²) in [5.74, 6) is 0.476. The van der Waals surface area contributed by atoms with Gasteiger partial charge in [-0.3, -0.25) is 4.57 Å². The third-order valence-corrected chi connectivity index (χ3v) is 4.63. The SMILES string of the molecule is CN(C)c1ccc(OCP(=O)(O)O)c2c1Cc1scnc1-2. The van der Waals surface area contributed by atoms with E-state index in [1.54, 1.807) is 22.9 Å². The number of ether oxygens (including phenoxy) is 1. The Morgan fingerprint density at radius 2 is 2.19 bits per heavy atom. The molecule has 0 unspecified atom stereocenters. The Bertz CT molecular complexity index is 738. The van der Waals surface area contributed by atoms with Crippen LogP contribution in [0.15, 0.2) is 17.6 Å². The second kappa shape index (κ2) is 5.10. The van der Waals surface area contributed by atoms with E-state index < -0.39 is 13.9 Å². The standard InChI is InChI=1S/C13H15N2O4PS/c1-15(2)9-3-4-10(19-7-20(16,17)18)12-8(9)5-11-13(12)14-6-21-11/h3-4,6H,5,7H2,1-2H3,(H2,16,17,18). The van der Waals surface area contributed by atoms with Crippen molar-refractivity contribution in [3.05, 3.63) is 28.1 Å². The maximum absolute atomic E-state index is 11.0. The highest BCUT2D eigenvalue weighted by Gasteiger charge is 2.29. The first-order valence-electron chi connectivity index (χ1n) is 6.30. The number of anilines is 1. The molecule has 0 spiro atoms. The van der Waals surface area contributed by atoms with E-state index >= 15 is 0 Å². The summed E-state index contributed by atoms with van der Waals surface area (Å²) in [6.45, 7) is 0. The van der Waals surface area contributed by atoms with Gasteiger partial charge in [0.05, 0.1) is 11.2 Å². The van der Waals surface area contributed by atoms with Crippen molar-refractivity contribution in [2.75, 3.05) is 25.3 Å². The third kappa shape index (κ3) is 2.70. The molecule has 0 saturated heterocycles. The van der Waals surface area contributed by atoms with Gasteiger partial charge in [0, 0.05) is 36.6 Å². The minimum absolute atomic E-state index is 0.476. The van der Waals surface area contributed by atoms with Crippen LogP contribution in [0.5, 0.6) is 5.75 Å². The largest absolute Gasteiger partial charge is 0.480 e. The quantitative estimate of drug-likeness (QED) is 0.716. The summed E-state index contributed by atoms with van der Waals surface area (Å²) in [6, 6.07) is 3.66. The zero-order valence-corrected chi connectivity index (χ0v) is 13.3. The molecule has 0 radical (unpaired) electrons. The van der Waals surface area contributed by atoms with Gasteiger partial charge >= 0.3 is 7.60 Å². The average Bonchev–Trinajstić information content (AvgIpc) is 2.94. The lowest BCUT2D eigenvalue weighted by Crippen LogP contribution is -2.11. The smallest absolute Gasteiger partial charge is 0.362 e. The Labute approximate surface area is 126 Å². The van der Waals surface area contributed by atoms with Gasteiger partial charge in [-0.1, -0.05) is 0 Å². The van der Waals surface area contributed by atoms with Crippen LogP contribution in [0.3, 0.4) is 0 Å². The fourth-order valence-electron chi connectivity index (χ4n) is 2.51. The fourth-order valence-corrected chi connectivity index (χ4v) is 3.59. The molecule has 112 valence electrons. The Balaban J connectivity index is 2.08. The van der Waals surface area contributed by atoms with Gasteiger partial charge in [-0.15, -0.1) is 11.3 Å². The summed E-state index contributed by atoms with van der Waals surface area (Å²) in [5, 5.41) is 0. The molecule has 21 heavy (non-hydrogen) atoms. The van der Waals surface area contributed by atoms with Crippen LogP contribution in [0, 0.1) is 0 Å². The number of aromatic nitrogens is 1. The molecule has 0 aliphatic heterocycles. The van der Waals surface area contributed by atoms with Gasteiger partial charge in [0.25, 0.3) is 0 Å². The molecule has 1 aromatic carbocycles. The van der Waals surface area contributed by atoms with E-state index in [1.165, 1.54) is 0 Å². The van der Waals surface area contributed by atoms with Crippen molar-refractivity contribution in [1.29, 1.82) is 0 Å². The fraction of sp³-hybridized carbons (Fsp3) is 0.308. The molecule has 0 fully saturated rings. The zero-order chi connectivity index (χ0) is 15.2. The first-order valence-corrected chi connectivity index (χ1v) is 8.98. The molecular formula is C13H15N2O4PS. The highest BCUT2D eigenvalue weighted by Crippen LogP contribution is 2.48. The van der Waals surface area contributed by atoms with E-state index in [1.807, 2.05) is 25.1 Å². The maximum Gasteiger partial charge on any atom is 0.362 e. The first kappa shape index (κ1) is 14.5. The highest BCUT2D eigenvalue weighted by molar-refractivity contribution is 7.51. The van der Waals surface area contributed by atoms with Crippen LogP contribution in [-0.2, 0) is 11.0 Å². The molecule has 2 aromatic rings. The molecular weight excluding hydrogens is 311 g/mol. The number of thiazole rings is 1. The topological polar surface area (TPSA) is 82.9 Å². The van der Waals surface area contributed by atoms with Crippen molar-refractivity contribution in [2.24, 2.45) is 0 Å². The Hall–Kier alpha value is -1.40. The molecule has 0 amide bonds.